The molecule has 0 N–H and O–H groups in total. The van der Waals surface area contributed by atoms with Gasteiger partial charge in [-0.2, -0.15) is 0 Å². The van der Waals surface area contributed by atoms with E-state index in [9.17, 15) is 0 Å². The van der Waals surface area contributed by atoms with Crippen molar-refractivity contribution in [2.45, 2.75) is 0 Å². The van der Waals surface area contributed by atoms with E-state index in [4.69, 9.17) is 4.42 Å². The minimum Gasteiger partial charge on any atom is -0.451 e. The summed E-state index contributed by atoms with van der Waals surface area (Å²) >= 11 is 0. The molecule has 59 heavy (non-hydrogen) atoms. The van der Waals surface area contributed by atoms with E-state index in [1.807, 2.05) is 0 Å². The van der Waals surface area contributed by atoms with Gasteiger partial charge in [0.2, 0.25) is 0 Å². The summed E-state index contributed by atoms with van der Waals surface area (Å²) < 4.78 is 9.38. The molecule has 0 unspecified atom stereocenters. The van der Waals surface area contributed by atoms with E-state index in [0.29, 0.717) is 0 Å². The van der Waals surface area contributed by atoms with E-state index in [0.717, 1.165) is 66.8 Å². The summed E-state index contributed by atoms with van der Waals surface area (Å²) in [5.41, 5.74) is 17.6. The van der Waals surface area contributed by atoms with Crippen LogP contribution in [-0.4, -0.2) is 4.57 Å². The quantitative estimate of drug-likeness (QED) is 0.154. The second kappa shape index (κ2) is 14.6. The van der Waals surface area contributed by atoms with E-state index in [1.165, 1.54) is 33.4 Å². The maximum absolute atomic E-state index is 7.04. The molecule has 2 aromatic heterocycles. The Morgan fingerprint density at radius 1 is 0.305 bits per heavy atom. The Hall–Kier alpha value is -7.88. The molecular formula is C56H38N2O. The van der Waals surface area contributed by atoms with Crippen LogP contribution < -0.4 is 4.90 Å². The first kappa shape index (κ1) is 34.4. The van der Waals surface area contributed by atoms with Crippen molar-refractivity contribution in [2.75, 3.05) is 4.90 Å². The second-order valence-corrected chi connectivity index (χ2v) is 14.9. The lowest BCUT2D eigenvalue weighted by Gasteiger charge is -2.26. The molecule has 3 heteroatoms. The van der Waals surface area contributed by atoms with Crippen molar-refractivity contribution in [3.63, 3.8) is 0 Å². The predicted octanol–water partition coefficient (Wildman–Crippen LogP) is 15.7. The number of hydrogen-bond donors (Lipinski definition) is 0. The number of benzene rings is 9. The standard InChI is InChI=1S/C56H38N2O/c1-4-13-39(14-5-1)41-23-27-43(28-24-41)45-31-35-48(36-32-45)57(49-37-33-46(34-38-49)44-29-25-42(26-30-44)40-15-6-2-7-16-40)53-22-12-20-51-54-56(59-55(51)53)50-19-10-11-21-52(50)58(54)47-17-8-3-9-18-47/h1-38H. The van der Waals surface area contributed by atoms with Gasteiger partial charge in [0.15, 0.2) is 11.2 Å². The van der Waals surface area contributed by atoms with Crippen molar-refractivity contribution < 1.29 is 4.42 Å². The van der Waals surface area contributed by atoms with Crippen molar-refractivity contribution in [1.82, 2.24) is 4.57 Å². The molecule has 0 saturated carbocycles. The van der Waals surface area contributed by atoms with Crippen molar-refractivity contribution in [3.8, 4) is 50.2 Å². The molecule has 0 aliphatic carbocycles. The molecule has 0 aliphatic rings. The number of rotatable bonds is 8. The molecule has 278 valence electrons. The summed E-state index contributed by atoms with van der Waals surface area (Å²) in [6.45, 7) is 0. The molecule has 0 atom stereocenters. The van der Waals surface area contributed by atoms with Gasteiger partial charge < -0.3 is 13.9 Å². The molecule has 0 radical (unpaired) electrons. The molecule has 0 fully saturated rings. The van der Waals surface area contributed by atoms with Crippen LogP contribution in [0.15, 0.2) is 235 Å². The summed E-state index contributed by atoms with van der Waals surface area (Å²) in [5.74, 6) is 0. The first-order valence-corrected chi connectivity index (χ1v) is 20.1. The van der Waals surface area contributed by atoms with Gasteiger partial charge in [0.05, 0.1) is 11.2 Å². The highest BCUT2D eigenvalue weighted by atomic mass is 16.3. The number of aromatic nitrogens is 1. The van der Waals surface area contributed by atoms with Crippen LogP contribution in [0.5, 0.6) is 0 Å². The van der Waals surface area contributed by atoms with Crippen LogP contribution in [0.2, 0.25) is 0 Å². The molecule has 2 heterocycles. The van der Waals surface area contributed by atoms with E-state index in [-0.39, 0.29) is 0 Å². The van der Waals surface area contributed by atoms with E-state index in [1.54, 1.807) is 0 Å². The Kier molecular flexibility index (Phi) is 8.49. The third-order valence-corrected chi connectivity index (χ3v) is 11.4. The van der Waals surface area contributed by atoms with E-state index >= 15 is 0 Å². The van der Waals surface area contributed by atoms with Crippen LogP contribution in [0.3, 0.4) is 0 Å². The summed E-state index contributed by atoms with van der Waals surface area (Å²) in [7, 11) is 0. The SMILES string of the molecule is c1ccc(-c2ccc(-c3ccc(N(c4ccc(-c5ccc(-c6ccccc6)cc5)cc4)c4cccc5c4oc4c6ccccc6n(-c6ccccc6)c54)cc3)cc2)cc1. The van der Waals surface area contributed by atoms with Gasteiger partial charge in [-0.05, 0) is 105 Å². The van der Waals surface area contributed by atoms with Crippen molar-refractivity contribution in [2.24, 2.45) is 0 Å². The summed E-state index contributed by atoms with van der Waals surface area (Å²) in [4.78, 5) is 2.32. The molecule has 9 aromatic carbocycles. The molecule has 0 bridgehead atoms. The fourth-order valence-electron chi connectivity index (χ4n) is 8.50. The second-order valence-electron chi connectivity index (χ2n) is 14.9. The lowest BCUT2D eigenvalue weighted by atomic mass is 9.99. The third-order valence-electron chi connectivity index (χ3n) is 11.4. The average molecular weight is 755 g/mol. The number of nitrogens with zero attached hydrogens (tertiary/aromatic N) is 2. The molecule has 0 saturated heterocycles. The van der Waals surface area contributed by atoms with Gasteiger partial charge in [0.25, 0.3) is 0 Å². The van der Waals surface area contributed by atoms with Crippen LogP contribution in [0.4, 0.5) is 17.1 Å². The van der Waals surface area contributed by atoms with Gasteiger partial charge in [-0.1, -0.05) is 170 Å². The zero-order chi connectivity index (χ0) is 39.1. The Morgan fingerprint density at radius 2 is 0.695 bits per heavy atom. The highest BCUT2D eigenvalue weighted by molar-refractivity contribution is 6.18. The van der Waals surface area contributed by atoms with Gasteiger partial charge in [-0.25, -0.2) is 0 Å². The van der Waals surface area contributed by atoms with Crippen LogP contribution in [-0.2, 0) is 0 Å². The minimum absolute atomic E-state index is 0.842. The molecule has 0 spiro atoms. The van der Waals surface area contributed by atoms with Crippen molar-refractivity contribution >= 4 is 50.0 Å². The molecule has 3 nitrogen and oxygen atoms in total. The topological polar surface area (TPSA) is 21.3 Å². The normalized spacial score (nSPS) is 11.4. The van der Waals surface area contributed by atoms with Gasteiger partial charge in [0, 0.05) is 27.8 Å². The number of furan rings is 1. The van der Waals surface area contributed by atoms with Gasteiger partial charge in [0.1, 0.15) is 5.52 Å². The van der Waals surface area contributed by atoms with Gasteiger partial charge >= 0.3 is 0 Å². The zero-order valence-electron chi connectivity index (χ0n) is 32.2. The molecule has 11 aromatic rings. The molecule has 0 amide bonds. The van der Waals surface area contributed by atoms with Crippen LogP contribution >= 0.6 is 0 Å². The first-order chi connectivity index (χ1) is 29.3. The monoisotopic (exact) mass is 754 g/mol. The Balaban J connectivity index is 1.03. The Bertz CT molecular complexity index is 3070. The molecular weight excluding hydrogens is 717 g/mol. The van der Waals surface area contributed by atoms with Crippen LogP contribution in [0.25, 0.3) is 83.2 Å². The summed E-state index contributed by atoms with van der Waals surface area (Å²) in [6, 6.07) is 82.1. The smallest absolute Gasteiger partial charge is 0.161 e. The highest BCUT2D eigenvalue weighted by Gasteiger charge is 2.24. The summed E-state index contributed by atoms with van der Waals surface area (Å²) in [5, 5.41) is 2.15. The van der Waals surface area contributed by atoms with E-state index in [2.05, 4.69) is 240 Å². The lowest BCUT2D eigenvalue weighted by Crippen LogP contribution is -2.10. The largest absolute Gasteiger partial charge is 0.451 e. The van der Waals surface area contributed by atoms with E-state index < -0.39 is 0 Å². The van der Waals surface area contributed by atoms with Gasteiger partial charge in [-0.3, -0.25) is 0 Å². The number of anilines is 3. The number of fused-ring (bicyclic) bond motifs is 5. The molecule has 0 aliphatic heterocycles. The molecule has 11 rings (SSSR count). The minimum atomic E-state index is 0.842. The maximum Gasteiger partial charge on any atom is 0.161 e. The third kappa shape index (κ3) is 6.17. The van der Waals surface area contributed by atoms with Crippen molar-refractivity contribution in [3.05, 3.63) is 231 Å². The van der Waals surface area contributed by atoms with Crippen LogP contribution in [0.1, 0.15) is 0 Å². The number of para-hydroxylation sites is 3. The average Bonchev–Trinajstić information content (AvgIpc) is 3.86. The summed E-state index contributed by atoms with van der Waals surface area (Å²) in [6.07, 6.45) is 0. The van der Waals surface area contributed by atoms with Gasteiger partial charge in [-0.15, -0.1) is 0 Å². The maximum atomic E-state index is 7.04. The Morgan fingerprint density at radius 3 is 1.19 bits per heavy atom. The number of hydrogen-bond acceptors (Lipinski definition) is 2. The van der Waals surface area contributed by atoms with Crippen LogP contribution in [0, 0.1) is 0 Å². The Labute approximate surface area is 343 Å². The highest BCUT2D eigenvalue weighted by Crippen LogP contribution is 2.46. The fourth-order valence-corrected chi connectivity index (χ4v) is 8.50. The predicted molar refractivity (Wildman–Crippen MR) is 247 cm³/mol. The lowest BCUT2D eigenvalue weighted by molar-refractivity contribution is 0.673. The van der Waals surface area contributed by atoms with Crippen molar-refractivity contribution in [1.29, 1.82) is 0 Å². The first-order valence-electron chi connectivity index (χ1n) is 20.1. The zero-order valence-corrected chi connectivity index (χ0v) is 32.2. The fraction of sp³-hybridized carbons (Fsp3) is 0.